The van der Waals surface area contributed by atoms with Crippen LogP contribution in [0.4, 0.5) is 0 Å². The van der Waals surface area contributed by atoms with Crippen molar-refractivity contribution in [3.63, 3.8) is 0 Å². The molecule has 0 rings (SSSR count). The highest BCUT2D eigenvalue weighted by Gasteiger charge is 1.67. The minimum atomic E-state index is 0. The molecule has 0 aliphatic heterocycles. The summed E-state index contributed by atoms with van der Waals surface area (Å²) in [4.78, 5) is 0. The topological polar surface area (TPSA) is 57.5 Å². The van der Waals surface area contributed by atoms with Crippen molar-refractivity contribution in [3.8, 4) is 0 Å². The summed E-state index contributed by atoms with van der Waals surface area (Å²) in [5.41, 5.74) is 5.14. The standard InChI is InChI=1S/C4H11N.H2O.H4Si/c1-2-3-4-5;;/h2-5H2,1H3;1H2;1H4. The highest BCUT2D eigenvalue weighted by molar-refractivity contribution is 5.75. The third-order valence-corrected chi connectivity index (χ3v) is 0.558. The van der Waals surface area contributed by atoms with Crippen molar-refractivity contribution in [2.45, 2.75) is 19.8 Å². The normalized spacial score (nSPS) is 6.00. The van der Waals surface area contributed by atoms with Gasteiger partial charge in [-0.15, -0.1) is 0 Å². The lowest BCUT2D eigenvalue weighted by molar-refractivity contribution is 0.807. The smallest absolute Gasteiger partial charge is 0.00774 e. The molecular formula is C4H17NOSi. The first-order valence-corrected chi connectivity index (χ1v) is 2.12. The van der Waals surface area contributed by atoms with Crippen molar-refractivity contribution in [2.24, 2.45) is 5.73 Å². The average Bonchev–Trinajstić information content (AvgIpc) is 1.41. The predicted molar refractivity (Wildman–Crippen MR) is 38.9 cm³/mol. The number of unbranched alkanes of at least 4 members (excludes halogenated alkanes) is 1. The summed E-state index contributed by atoms with van der Waals surface area (Å²) in [6.45, 7) is 2.98. The Morgan fingerprint density at radius 3 is 1.86 bits per heavy atom. The number of nitrogens with two attached hydrogens (primary N) is 1. The van der Waals surface area contributed by atoms with Crippen LogP contribution in [-0.2, 0) is 0 Å². The van der Waals surface area contributed by atoms with Crippen molar-refractivity contribution < 1.29 is 5.48 Å². The maximum absolute atomic E-state index is 5.14. The lowest BCUT2D eigenvalue weighted by Gasteiger charge is -1.80. The van der Waals surface area contributed by atoms with Gasteiger partial charge in [0, 0.05) is 0 Å². The zero-order chi connectivity index (χ0) is 4.12. The molecule has 0 amide bonds. The quantitative estimate of drug-likeness (QED) is 0.445. The van der Waals surface area contributed by atoms with Crippen LogP contribution in [0.1, 0.15) is 19.8 Å². The lowest BCUT2D eigenvalue weighted by atomic mass is 10.3. The fourth-order valence-corrected chi connectivity index (χ4v) is 0.204. The van der Waals surface area contributed by atoms with Crippen LogP contribution >= 0.6 is 0 Å². The van der Waals surface area contributed by atoms with Gasteiger partial charge >= 0.3 is 0 Å². The van der Waals surface area contributed by atoms with E-state index in [0.29, 0.717) is 0 Å². The Hall–Kier alpha value is 0.137. The molecule has 0 fully saturated rings. The maximum atomic E-state index is 5.14. The number of hydrogen-bond acceptors (Lipinski definition) is 1. The molecule has 0 aromatic heterocycles. The zero-order valence-corrected chi connectivity index (χ0v) is 4.20. The third kappa shape index (κ3) is 23.0. The second-order valence-electron chi connectivity index (χ2n) is 1.14. The van der Waals surface area contributed by atoms with Crippen LogP contribution in [0.25, 0.3) is 0 Å². The van der Waals surface area contributed by atoms with Gasteiger partial charge in [0.2, 0.25) is 0 Å². The largest absolute Gasteiger partial charge is 0.412 e. The molecule has 0 aromatic rings. The molecule has 0 bridgehead atoms. The Balaban J connectivity index is -0.0000000800. The number of hydrogen-bond donors (Lipinski definition) is 1. The van der Waals surface area contributed by atoms with Gasteiger partial charge in [-0.25, -0.2) is 0 Å². The second-order valence-corrected chi connectivity index (χ2v) is 1.14. The molecule has 0 aliphatic rings. The average molecular weight is 123 g/mol. The SMILES string of the molecule is CCCCN.O.[SiH4]. The lowest BCUT2D eigenvalue weighted by Crippen LogP contribution is -1.95. The van der Waals surface area contributed by atoms with Crippen LogP contribution < -0.4 is 5.73 Å². The molecule has 0 saturated heterocycles. The summed E-state index contributed by atoms with van der Waals surface area (Å²) < 4.78 is 0. The molecule has 0 spiro atoms. The van der Waals surface area contributed by atoms with Gasteiger partial charge in [-0.3, -0.25) is 0 Å². The van der Waals surface area contributed by atoms with E-state index in [9.17, 15) is 0 Å². The summed E-state index contributed by atoms with van der Waals surface area (Å²) in [5, 5.41) is 0. The summed E-state index contributed by atoms with van der Waals surface area (Å²) in [6, 6.07) is 0. The van der Waals surface area contributed by atoms with E-state index in [4.69, 9.17) is 5.73 Å². The van der Waals surface area contributed by atoms with Crippen molar-refractivity contribution >= 4 is 11.0 Å². The van der Waals surface area contributed by atoms with E-state index >= 15 is 0 Å². The van der Waals surface area contributed by atoms with E-state index in [-0.39, 0.29) is 16.4 Å². The van der Waals surface area contributed by atoms with Gasteiger partial charge in [-0.1, -0.05) is 13.3 Å². The molecule has 0 atom stereocenters. The van der Waals surface area contributed by atoms with Crippen molar-refractivity contribution in [1.29, 1.82) is 0 Å². The first kappa shape index (κ1) is 15.7. The molecule has 0 unspecified atom stereocenters. The van der Waals surface area contributed by atoms with Crippen LogP contribution in [0.2, 0.25) is 0 Å². The van der Waals surface area contributed by atoms with E-state index in [1.807, 2.05) is 0 Å². The molecule has 0 saturated carbocycles. The molecule has 7 heavy (non-hydrogen) atoms. The summed E-state index contributed by atoms with van der Waals surface area (Å²) in [6.07, 6.45) is 2.39. The van der Waals surface area contributed by atoms with Gasteiger partial charge < -0.3 is 11.2 Å². The van der Waals surface area contributed by atoms with Gasteiger partial charge in [-0.05, 0) is 23.9 Å². The molecule has 0 aliphatic carbocycles. The Morgan fingerprint density at radius 2 is 1.86 bits per heavy atom. The van der Waals surface area contributed by atoms with Crippen molar-refractivity contribution in [1.82, 2.24) is 0 Å². The number of rotatable bonds is 2. The predicted octanol–water partition coefficient (Wildman–Crippen LogP) is -1.53. The molecule has 0 radical (unpaired) electrons. The van der Waals surface area contributed by atoms with Crippen molar-refractivity contribution in [2.75, 3.05) is 6.54 Å². The zero-order valence-electron chi connectivity index (χ0n) is 4.20. The van der Waals surface area contributed by atoms with Crippen molar-refractivity contribution in [3.05, 3.63) is 0 Å². The third-order valence-electron chi connectivity index (χ3n) is 0.558. The Morgan fingerprint density at radius 1 is 1.43 bits per heavy atom. The van der Waals surface area contributed by atoms with Crippen LogP contribution in [0, 0.1) is 0 Å². The van der Waals surface area contributed by atoms with E-state index in [2.05, 4.69) is 6.92 Å². The fraction of sp³-hybridized carbons (Fsp3) is 1.00. The molecule has 3 heteroatoms. The molecule has 4 N–H and O–H groups in total. The molecule has 2 nitrogen and oxygen atoms in total. The Labute approximate surface area is 49.4 Å². The molecule has 48 valence electrons. The highest BCUT2D eigenvalue weighted by Crippen LogP contribution is 1.77. The Bertz CT molecular complexity index is 19.2. The van der Waals surface area contributed by atoms with E-state index in [1.54, 1.807) is 0 Å². The van der Waals surface area contributed by atoms with Gasteiger partial charge in [0.05, 0.1) is 0 Å². The first-order chi connectivity index (χ1) is 2.41. The van der Waals surface area contributed by atoms with Gasteiger partial charge in [0.1, 0.15) is 0 Å². The maximum Gasteiger partial charge on any atom is -0.00774 e. The highest BCUT2D eigenvalue weighted by atomic mass is 28.1. The Kier molecular flexibility index (Phi) is 36.9. The molecule has 0 aromatic carbocycles. The van der Waals surface area contributed by atoms with Crippen LogP contribution in [-0.4, -0.2) is 23.0 Å². The minimum absolute atomic E-state index is 0. The van der Waals surface area contributed by atoms with Crippen LogP contribution in [0.3, 0.4) is 0 Å². The van der Waals surface area contributed by atoms with E-state index < -0.39 is 0 Å². The fourth-order valence-electron chi connectivity index (χ4n) is 0.204. The monoisotopic (exact) mass is 123 g/mol. The first-order valence-electron chi connectivity index (χ1n) is 2.12. The summed E-state index contributed by atoms with van der Waals surface area (Å²) in [7, 11) is 0. The van der Waals surface area contributed by atoms with E-state index in [0.717, 1.165) is 6.54 Å². The molecule has 0 heterocycles. The second kappa shape index (κ2) is 16.5. The molecular weight excluding hydrogens is 106 g/mol. The van der Waals surface area contributed by atoms with Crippen LogP contribution in [0.15, 0.2) is 0 Å². The van der Waals surface area contributed by atoms with Gasteiger partial charge in [0.25, 0.3) is 0 Å². The van der Waals surface area contributed by atoms with E-state index in [1.165, 1.54) is 12.8 Å². The van der Waals surface area contributed by atoms with Crippen LogP contribution in [0.5, 0.6) is 0 Å². The summed E-state index contributed by atoms with van der Waals surface area (Å²) >= 11 is 0. The summed E-state index contributed by atoms with van der Waals surface area (Å²) in [5.74, 6) is 0. The van der Waals surface area contributed by atoms with Gasteiger partial charge in [0.15, 0.2) is 0 Å². The minimum Gasteiger partial charge on any atom is -0.412 e. The van der Waals surface area contributed by atoms with Gasteiger partial charge in [-0.2, -0.15) is 0 Å².